The molecule has 1 aliphatic carbocycles. The lowest BCUT2D eigenvalue weighted by Crippen LogP contribution is -2.36. The van der Waals surface area contributed by atoms with Gasteiger partial charge in [0.1, 0.15) is 10.6 Å². The van der Waals surface area contributed by atoms with Crippen LogP contribution in [0.5, 0.6) is 0 Å². The van der Waals surface area contributed by atoms with Crippen LogP contribution in [0.4, 0.5) is 11.8 Å². The number of fused-ring (bicyclic) bond motifs is 1. The largest absolute Gasteiger partial charge is 0.369 e. The van der Waals surface area contributed by atoms with Gasteiger partial charge in [0.05, 0.1) is 5.39 Å². The summed E-state index contributed by atoms with van der Waals surface area (Å²) >= 11 is 1.67. The molecular formula is C14H20N4S. The van der Waals surface area contributed by atoms with Crippen LogP contribution < -0.4 is 11.1 Å². The zero-order valence-electron chi connectivity index (χ0n) is 11.5. The molecular weight excluding hydrogens is 256 g/mol. The number of nitrogen functional groups attached to an aromatic ring is 1. The fourth-order valence-corrected chi connectivity index (χ4v) is 3.68. The predicted molar refractivity (Wildman–Crippen MR) is 81.6 cm³/mol. The van der Waals surface area contributed by atoms with Gasteiger partial charge in [0, 0.05) is 11.4 Å². The van der Waals surface area contributed by atoms with E-state index < -0.39 is 0 Å². The number of anilines is 2. The van der Waals surface area contributed by atoms with E-state index in [-0.39, 0.29) is 0 Å². The van der Waals surface area contributed by atoms with Gasteiger partial charge in [-0.1, -0.05) is 13.3 Å². The summed E-state index contributed by atoms with van der Waals surface area (Å²) in [5, 5.41) is 4.61. The van der Waals surface area contributed by atoms with Gasteiger partial charge < -0.3 is 11.1 Å². The Hall–Kier alpha value is -1.36. The summed E-state index contributed by atoms with van der Waals surface area (Å²) in [6.07, 6.45) is 5.23. The van der Waals surface area contributed by atoms with Crippen molar-refractivity contribution in [2.75, 3.05) is 17.6 Å². The van der Waals surface area contributed by atoms with Crippen molar-refractivity contribution in [1.29, 1.82) is 0 Å². The van der Waals surface area contributed by atoms with Gasteiger partial charge in [-0.3, -0.25) is 0 Å². The smallest absolute Gasteiger partial charge is 0.223 e. The van der Waals surface area contributed by atoms with Crippen molar-refractivity contribution in [2.24, 2.45) is 5.41 Å². The lowest BCUT2D eigenvalue weighted by atomic mass is 9.67. The van der Waals surface area contributed by atoms with Gasteiger partial charge in [0.25, 0.3) is 0 Å². The molecule has 0 amide bonds. The Morgan fingerprint density at radius 3 is 2.84 bits per heavy atom. The highest BCUT2D eigenvalue weighted by Crippen LogP contribution is 2.44. The zero-order chi connectivity index (χ0) is 13.5. The summed E-state index contributed by atoms with van der Waals surface area (Å²) in [5.41, 5.74) is 6.27. The van der Waals surface area contributed by atoms with Crippen LogP contribution in [0.1, 0.15) is 37.5 Å². The Labute approximate surface area is 117 Å². The van der Waals surface area contributed by atoms with Crippen molar-refractivity contribution in [3.05, 3.63) is 10.9 Å². The first-order valence-corrected chi connectivity index (χ1v) is 7.71. The van der Waals surface area contributed by atoms with Gasteiger partial charge in [-0.05, 0) is 37.7 Å². The van der Waals surface area contributed by atoms with Crippen LogP contribution in [0, 0.1) is 12.3 Å². The molecule has 1 aliphatic rings. The molecule has 3 rings (SSSR count). The van der Waals surface area contributed by atoms with Crippen molar-refractivity contribution in [3.8, 4) is 0 Å². The maximum atomic E-state index is 5.80. The first-order valence-electron chi connectivity index (χ1n) is 6.89. The average molecular weight is 276 g/mol. The molecule has 2 heterocycles. The van der Waals surface area contributed by atoms with Gasteiger partial charge >= 0.3 is 0 Å². The van der Waals surface area contributed by atoms with E-state index in [4.69, 9.17) is 5.73 Å². The minimum absolute atomic E-state index is 0.357. The molecule has 5 heteroatoms. The van der Waals surface area contributed by atoms with E-state index in [1.807, 2.05) is 0 Å². The number of rotatable bonds is 4. The molecule has 3 N–H and O–H groups in total. The number of nitrogens with two attached hydrogens (primary N) is 1. The summed E-state index contributed by atoms with van der Waals surface area (Å²) < 4.78 is 0. The molecule has 0 unspecified atom stereocenters. The van der Waals surface area contributed by atoms with E-state index in [2.05, 4.69) is 35.2 Å². The Bertz CT molecular complexity index is 595. The number of nitrogens with zero attached hydrogens (tertiary/aromatic N) is 2. The van der Waals surface area contributed by atoms with Crippen LogP contribution in [0.2, 0.25) is 0 Å². The molecule has 2 aromatic rings. The molecule has 2 aromatic heterocycles. The Balaban J connectivity index is 1.87. The number of hydrogen-bond acceptors (Lipinski definition) is 5. The zero-order valence-corrected chi connectivity index (χ0v) is 12.3. The quantitative estimate of drug-likeness (QED) is 0.896. The fourth-order valence-electron chi connectivity index (χ4n) is 2.80. The summed E-state index contributed by atoms with van der Waals surface area (Å²) in [7, 11) is 0. The van der Waals surface area contributed by atoms with Crippen molar-refractivity contribution in [2.45, 2.75) is 39.5 Å². The molecule has 0 atom stereocenters. The summed E-state index contributed by atoms with van der Waals surface area (Å²) in [5.74, 6) is 1.25. The maximum Gasteiger partial charge on any atom is 0.223 e. The van der Waals surface area contributed by atoms with E-state index in [9.17, 15) is 0 Å². The molecule has 0 aromatic carbocycles. The molecule has 1 saturated carbocycles. The number of hydrogen-bond donors (Lipinski definition) is 2. The van der Waals surface area contributed by atoms with E-state index in [1.54, 1.807) is 11.3 Å². The fraction of sp³-hybridized carbons (Fsp3) is 0.571. The summed E-state index contributed by atoms with van der Waals surface area (Å²) in [6, 6.07) is 2.14. The van der Waals surface area contributed by atoms with Crippen LogP contribution in [-0.2, 0) is 0 Å². The van der Waals surface area contributed by atoms with Gasteiger partial charge in [0.2, 0.25) is 5.95 Å². The van der Waals surface area contributed by atoms with E-state index in [0.29, 0.717) is 11.4 Å². The number of aromatic nitrogens is 2. The molecule has 19 heavy (non-hydrogen) atoms. The van der Waals surface area contributed by atoms with Gasteiger partial charge in [-0.15, -0.1) is 11.3 Å². The topological polar surface area (TPSA) is 63.8 Å². The highest BCUT2D eigenvalue weighted by molar-refractivity contribution is 7.18. The summed E-state index contributed by atoms with van der Waals surface area (Å²) in [6.45, 7) is 5.36. The second kappa shape index (κ2) is 4.63. The minimum Gasteiger partial charge on any atom is -0.369 e. The van der Waals surface area contributed by atoms with E-state index >= 15 is 0 Å². The number of nitrogens with one attached hydrogen (secondary N) is 1. The normalized spacial score (nSPS) is 17.4. The average Bonchev–Trinajstić information content (AvgIpc) is 2.68. The van der Waals surface area contributed by atoms with Crippen molar-refractivity contribution in [1.82, 2.24) is 9.97 Å². The molecule has 0 aliphatic heterocycles. The number of thiophene rings is 1. The predicted octanol–water partition coefficient (Wildman–Crippen LogP) is 3.57. The van der Waals surface area contributed by atoms with Crippen LogP contribution in [0.15, 0.2) is 6.07 Å². The molecule has 102 valence electrons. The molecule has 0 bridgehead atoms. The highest BCUT2D eigenvalue weighted by atomic mass is 32.1. The molecule has 0 radical (unpaired) electrons. The second-order valence-corrected chi connectivity index (χ2v) is 6.80. The first-order chi connectivity index (χ1) is 9.12. The highest BCUT2D eigenvalue weighted by Gasteiger charge is 2.34. The molecule has 0 spiro atoms. The Kier molecular flexibility index (Phi) is 3.09. The van der Waals surface area contributed by atoms with Crippen LogP contribution in [-0.4, -0.2) is 16.5 Å². The van der Waals surface area contributed by atoms with Gasteiger partial charge in [0.15, 0.2) is 0 Å². The standard InChI is InChI=1S/C14H20N4S/c1-3-14(5-4-6-14)8-16-11-10-7-9(2)19-12(10)18-13(15)17-11/h7H,3-6,8H2,1-2H3,(H3,15,16,17,18). The maximum absolute atomic E-state index is 5.80. The van der Waals surface area contributed by atoms with Crippen LogP contribution in [0.25, 0.3) is 10.2 Å². The third-order valence-corrected chi connectivity index (χ3v) is 5.27. The lowest BCUT2D eigenvalue weighted by molar-refractivity contribution is 0.145. The van der Waals surface area contributed by atoms with Crippen molar-refractivity contribution >= 4 is 33.3 Å². The van der Waals surface area contributed by atoms with E-state index in [0.717, 1.165) is 22.6 Å². The van der Waals surface area contributed by atoms with Gasteiger partial charge in [-0.2, -0.15) is 4.98 Å². The molecule has 4 nitrogen and oxygen atoms in total. The summed E-state index contributed by atoms with van der Waals surface area (Å²) in [4.78, 5) is 10.9. The first kappa shape index (κ1) is 12.7. The minimum atomic E-state index is 0.357. The van der Waals surface area contributed by atoms with Crippen LogP contribution >= 0.6 is 11.3 Å². The van der Waals surface area contributed by atoms with Crippen molar-refractivity contribution < 1.29 is 0 Å². The third kappa shape index (κ3) is 2.27. The third-order valence-electron chi connectivity index (χ3n) is 4.33. The second-order valence-electron chi connectivity index (χ2n) is 5.57. The molecule has 1 fully saturated rings. The number of aryl methyl sites for hydroxylation is 1. The molecule has 0 saturated heterocycles. The van der Waals surface area contributed by atoms with E-state index in [1.165, 1.54) is 30.6 Å². The monoisotopic (exact) mass is 276 g/mol. The van der Waals surface area contributed by atoms with Crippen molar-refractivity contribution in [3.63, 3.8) is 0 Å². The Morgan fingerprint density at radius 1 is 1.42 bits per heavy atom. The lowest BCUT2D eigenvalue weighted by Gasteiger charge is -2.41. The Morgan fingerprint density at radius 2 is 2.21 bits per heavy atom. The SMILES string of the molecule is CCC1(CNc2nc(N)nc3sc(C)cc23)CCC1. The van der Waals surface area contributed by atoms with Gasteiger partial charge in [-0.25, -0.2) is 4.98 Å². The van der Waals surface area contributed by atoms with Crippen LogP contribution in [0.3, 0.4) is 0 Å².